The first-order chi connectivity index (χ1) is 15.3. The van der Waals surface area contributed by atoms with Gasteiger partial charge in [-0.15, -0.1) is 0 Å². The number of rotatable bonds is 5. The van der Waals surface area contributed by atoms with E-state index < -0.39 is 0 Å². The fraction of sp³-hybridized carbons (Fsp3) is 0.385. The molecule has 1 saturated heterocycles. The molecule has 4 aromatic heterocycles. The van der Waals surface area contributed by atoms with E-state index in [2.05, 4.69) is 67.2 Å². The molecule has 0 atom stereocenters. The van der Waals surface area contributed by atoms with Gasteiger partial charge in [-0.1, -0.05) is 13.8 Å². The maximum atomic E-state index is 4.98. The summed E-state index contributed by atoms with van der Waals surface area (Å²) in [5.41, 5.74) is 6.78. The van der Waals surface area contributed by atoms with Crippen molar-refractivity contribution in [2.24, 2.45) is 5.41 Å². The van der Waals surface area contributed by atoms with E-state index in [-0.39, 0.29) is 0 Å². The second kappa shape index (κ2) is 8.01. The second-order valence-electron chi connectivity index (χ2n) is 9.83. The van der Waals surface area contributed by atoms with Crippen LogP contribution in [0.2, 0.25) is 0 Å². The Kier molecular flexibility index (Phi) is 5.16. The molecule has 0 saturated carbocycles. The van der Waals surface area contributed by atoms with Gasteiger partial charge in [-0.25, -0.2) is 15.0 Å². The van der Waals surface area contributed by atoms with Gasteiger partial charge in [-0.05, 0) is 61.1 Å². The number of fused-ring (bicyclic) bond motifs is 1. The predicted molar refractivity (Wildman–Crippen MR) is 127 cm³/mol. The fourth-order valence-corrected chi connectivity index (χ4v) is 4.63. The lowest BCUT2D eigenvalue weighted by atomic mass is 9.93. The fourth-order valence-electron chi connectivity index (χ4n) is 4.63. The minimum atomic E-state index is 0.312. The molecule has 0 radical (unpaired) electrons. The number of pyridine rings is 2. The van der Waals surface area contributed by atoms with Gasteiger partial charge in [0.15, 0.2) is 0 Å². The number of imidazole rings is 1. The van der Waals surface area contributed by atoms with Crippen LogP contribution in [-0.2, 0) is 12.8 Å². The average molecular weight is 427 g/mol. The van der Waals surface area contributed by atoms with Crippen LogP contribution in [0.25, 0.3) is 5.65 Å². The molecule has 0 aliphatic carbocycles. The Hall–Kier alpha value is -3.28. The molecule has 1 aliphatic rings. The molecule has 0 amide bonds. The van der Waals surface area contributed by atoms with Gasteiger partial charge < -0.3 is 9.30 Å². The van der Waals surface area contributed by atoms with Crippen molar-refractivity contribution in [2.45, 2.75) is 47.0 Å². The van der Waals surface area contributed by atoms with Crippen LogP contribution in [0.3, 0.4) is 0 Å². The highest BCUT2D eigenvalue weighted by molar-refractivity contribution is 5.45. The number of hydrogen-bond donors (Lipinski definition) is 0. The minimum absolute atomic E-state index is 0.312. The molecule has 1 fully saturated rings. The highest BCUT2D eigenvalue weighted by atomic mass is 15.2. The molecular formula is C26H30N6. The molecule has 0 spiro atoms. The Balaban J connectivity index is 1.49. The Morgan fingerprint density at radius 2 is 1.78 bits per heavy atom. The van der Waals surface area contributed by atoms with Gasteiger partial charge in [0.25, 0.3) is 0 Å². The Bertz CT molecular complexity index is 1250. The second-order valence-corrected chi connectivity index (χ2v) is 9.83. The number of aryl methyl sites for hydroxylation is 2. The van der Waals surface area contributed by atoms with Gasteiger partial charge in [0.2, 0.25) is 0 Å². The van der Waals surface area contributed by atoms with Gasteiger partial charge in [-0.2, -0.15) is 0 Å². The third kappa shape index (κ3) is 4.49. The Morgan fingerprint density at radius 1 is 0.938 bits per heavy atom. The van der Waals surface area contributed by atoms with Crippen molar-refractivity contribution in [3.05, 3.63) is 83.0 Å². The molecule has 1 aliphatic heterocycles. The first kappa shape index (κ1) is 20.6. The van der Waals surface area contributed by atoms with Crippen molar-refractivity contribution < 1.29 is 0 Å². The zero-order valence-corrected chi connectivity index (χ0v) is 19.3. The minimum Gasteiger partial charge on any atom is -0.356 e. The van der Waals surface area contributed by atoms with Crippen LogP contribution in [0.5, 0.6) is 0 Å². The summed E-state index contributed by atoms with van der Waals surface area (Å²) in [6.07, 6.45) is 8.42. The number of hydrogen-bond acceptors (Lipinski definition) is 5. The van der Waals surface area contributed by atoms with Crippen LogP contribution in [0.1, 0.15) is 54.3 Å². The zero-order chi connectivity index (χ0) is 22.3. The summed E-state index contributed by atoms with van der Waals surface area (Å²) in [7, 11) is 0. The molecule has 164 valence electrons. The van der Waals surface area contributed by atoms with Crippen LogP contribution in [0.15, 0.2) is 48.9 Å². The molecule has 0 N–H and O–H groups in total. The molecular weight excluding hydrogens is 396 g/mol. The SMILES string of the molecule is Cc1cc(C)nc(Cc2nc(Cc3ccn4ccnc4c3)cc(N3CCC(C)(C)C3)n2)c1. The van der Waals surface area contributed by atoms with Crippen LogP contribution in [-0.4, -0.2) is 37.4 Å². The van der Waals surface area contributed by atoms with Gasteiger partial charge in [0.1, 0.15) is 17.3 Å². The first-order valence-corrected chi connectivity index (χ1v) is 11.3. The molecule has 0 bridgehead atoms. The molecule has 6 nitrogen and oxygen atoms in total. The van der Waals surface area contributed by atoms with E-state index in [4.69, 9.17) is 15.0 Å². The van der Waals surface area contributed by atoms with Crippen LogP contribution < -0.4 is 4.90 Å². The first-order valence-electron chi connectivity index (χ1n) is 11.3. The van der Waals surface area contributed by atoms with E-state index in [1.165, 1.54) is 17.5 Å². The maximum Gasteiger partial charge on any atom is 0.136 e. The highest BCUT2D eigenvalue weighted by Crippen LogP contribution is 2.32. The summed E-state index contributed by atoms with van der Waals surface area (Å²) in [5, 5.41) is 0. The molecule has 32 heavy (non-hydrogen) atoms. The molecule has 4 aromatic rings. The van der Waals surface area contributed by atoms with Gasteiger partial charge in [0, 0.05) is 55.6 Å². The van der Waals surface area contributed by atoms with Crippen molar-refractivity contribution in [1.29, 1.82) is 0 Å². The van der Waals surface area contributed by atoms with Crippen LogP contribution in [0, 0.1) is 19.3 Å². The monoisotopic (exact) mass is 426 g/mol. The number of nitrogens with zero attached hydrogens (tertiary/aromatic N) is 6. The molecule has 0 unspecified atom stereocenters. The van der Waals surface area contributed by atoms with E-state index in [9.17, 15) is 0 Å². The maximum absolute atomic E-state index is 4.98. The van der Waals surface area contributed by atoms with E-state index in [1.54, 1.807) is 0 Å². The highest BCUT2D eigenvalue weighted by Gasteiger charge is 2.30. The van der Waals surface area contributed by atoms with Crippen molar-refractivity contribution >= 4 is 11.5 Å². The summed E-state index contributed by atoms with van der Waals surface area (Å²) in [4.78, 5) is 21.5. The molecule has 5 heterocycles. The quantitative estimate of drug-likeness (QED) is 0.468. The average Bonchev–Trinajstić information content (AvgIpc) is 3.32. The molecule has 5 rings (SSSR count). The predicted octanol–water partition coefficient (Wildman–Crippen LogP) is 4.55. The van der Waals surface area contributed by atoms with Crippen LogP contribution >= 0.6 is 0 Å². The third-order valence-corrected chi connectivity index (χ3v) is 6.15. The van der Waals surface area contributed by atoms with Crippen molar-refractivity contribution in [3.8, 4) is 0 Å². The van der Waals surface area contributed by atoms with Crippen molar-refractivity contribution in [1.82, 2.24) is 24.3 Å². The van der Waals surface area contributed by atoms with Gasteiger partial charge >= 0.3 is 0 Å². The summed E-state index contributed by atoms with van der Waals surface area (Å²) in [5.74, 6) is 1.86. The standard InChI is InChI=1S/C26H30N6/c1-18-11-19(2)28-21(12-18)15-23-29-22(13-20-5-8-31-10-7-27-24(31)14-20)16-25(30-23)32-9-6-26(3,4)17-32/h5,7-8,10-12,14,16H,6,9,13,15,17H2,1-4H3. The molecule has 0 aromatic carbocycles. The summed E-state index contributed by atoms with van der Waals surface area (Å²) in [6, 6.07) is 10.7. The number of aromatic nitrogens is 5. The van der Waals surface area contributed by atoms with E-state index in [1.807, 2.05) is 23.7 Å². The van der Waals surface area contributed by atoms with Crippen molar-refractivity contribution in [3.63, 3.8) is 0 Å². The lowest BCUT2D eigenvalue weighted by Crippen LogP contribution is -2.24. The Morgan fingerprint density at radius 3 is 2.56 bits per heavy atom. The van der Waals surface area contributed by atoms with E-state index >= 15 is 0 Å². The summed E-state index contributed by atoms with van der Waals surface area (Å²) in [6.45, 7) is 10.9. The van der Waals surface area contributed by atoms with E-state index in [0.29, 0.717) is 11.8 Å². The summed E-state index contributed by atoms with van der Waals surface area (Å²) >= 11 is 0. The third-order valence-electron chi connectivity index (χ3n) is 6.15. The normalized spacial score (nSPS) is 15.6. The largest absolute Gasteiger partial charge is 0.356 e. The summed E-state index contributed by atoms with van der Waals surface area (Å²) < 4.78 is 2.03. The van der Waals surface area contributed by atoms with Gasteiger partial charge in [-0.3, -0.25) is 4.98 Å². The van der Waals surface area contributed by atoms with E-state index in [0.717, 1.165) is 53.9 Å². The number of anilines is 1. The van der Waals surface area contributed by atoms with Gasteiger partial charge in [0.05, 0.1) is 12.1 Å². The molecule has 6 heteroatoms. The Labute approximate surface area is 189 Å². The zero-order valence-electron chi connectivity index (χ0n) is 19.3. The lowest BCUT2D eigenvalue weighted by Gasteiger charge is -2.21. The van der Waals surface area contributed by atoms with Crippen molar-refractivity contribution in [2.75, 3.05) is 18.0 Å². The smallest absolute Gasteiger partial charge is 0.136 e. The topological polar surface area (TPSA) is 59.2 Å². The lowest BCUT2D eigenvalue weighted by molar-refractivity contribution is 0.418. The van der Waals surface area contributed by atoms with Crippen LogP contribution in [0.4, 0.5) is 5.82 Å².